The van der Waals surface area contributed by atoms with Gasteiger partial charge in [0.25, 0.3) is 0 Å². The van der Waals surface area contributed by atoms with Crippen molar-refractivity contribution in [3.63, 3.8) is 0 Å². The van der Waals surface area contributed by atoms with E-state index in [2.05, 4.69) is 6.08 Å². The quantitative estimate of drug-likeness (QED) is 0.536. The maximum atomic E-state index is 11.8. The van der Waals surface area contributed by atoms with Gasteiger partial charge in [0.2, 0.25) is 11.8 Å². The van der Waals surface area contributed by atoms with Gasteiger partial charge < -0.3 is 0 Å². The van der Waals surface area contributed by atoms with E-state index in [0.29, 0.717) is 6.54 Å². The minimum Gasteiger partial charge on any atom is -0.274 e. The van der Waals surface area contributed by atoms with E-state index >= 15 is 0 Å². The lowest BCUT2D eigenvalue weighted by atomic mass is 9.99. The summed E-state index contributed by atoms with van der Waals surface area (Å²) in [6.45, 7) is 0.343. The molecule has 2 rings (SSSR count). The zero-order chi connectivity index (χ0) is 12.4. The topological polar surface area (TPSA) is 57.7 Å². The molecule has 5 nitrogen and oxygen atoms in total. The van der Waals surface area contributed by atoms with Crippen molar-refractivity contribution in [2.24, 2.45) is 0 Å². The van der Waals surface area contributed by atoms with Crippen LogP contribution in [-0.2, 0) is 9.59 Å². The summed E-state index contributed by atoms with van der Waals surface area (Å²) in [6, 6.07) is -0.502. The van der Waals surface area contributed by atoms with Crippen molar-refractivity contribution in [3.05, 3.63) is 11.6 Å². The molecule has 2 aliphatic rings. The van der Waals surface area contributed by atoms with Crippen LogP contribution in [0, 0.1) is 0 Å². The Bertz CT molecular complexity index is 401. The monoisotopic (exact) mass is 236 g/mol. The molecule has 0 unspecified atom stereocenters. The van der Waals surface area contributed by atoms with Crippen LogP contribution in [0.2, 0.25) is 0 Å². The molecule has 92 valence electrons. The lowest BCUT2D eigenvalue weighted by Gasteiger charge is -2.31. The Hall–Kier alpha value is -1.65. The summed E-state index contributed by atoms with van der Waals surface area (Å²) in [6.07, 6.45) is 6.13. The number of carbonyl (C=O) groups excluding carboxylic acids is 3. The summed E-state index contributed by atoms with van der Waals surface area (Å²) in [5.74, 6) is -0.807. The zero-order valence-electron chi connectivity index (χ0n) is 9.94. The van der Waals surface area contributed by atoms with Crippen molar-refractivity contribution < 1.29 is 14.4 Å². The molecular weight excluding hydrogens is 220 g/mol. The second-order valence-electron chi connectivity index (χ2n) is 4.50. The van der Waals surface area contributed by atoms with Crippen molar-refractivity contribution in [2.45, 2.75) is 32.1 Å². The van der Waals surface area contributed by atoms with Gasteiger partial charge in [0.1, 0.15) is 6.42 Å². The van der Waals surface area contributed by atoms with Gasteiger partial charge in [0.05, 0.1) is 6.54 Å². The fourth-order valence-corrected chi connectivity index (χ4v) is 2.14. The molecule has 0 spiro atoms. The molecule has 17 heavy (non-hydrogen) atoms. The van der Waals surface area contributed by atoms with Gasteiger partial charge in [-0.2, -0.15) is 0 Å². The Morgan fingerprint density at radius 3 is 2.59 bits per heavy atom. The number of amides is 4. The Morgan fingerprint density at radius 2 is 1.94 bits per heavy atom. The van der Waals surface area contributed by atoms with E-state index in [0.717, 1.165) is 29.7 Å². The van der Waals surface area contributed by atoms with E-state index < -0.39 is 11.9 Å². The number of barbiturate groups is 1. The molecule has 4 amide bonds. The lowest BCUT2D eigenvalue weighted by Crippen LogP contribution is -2.53. The number of nitrogens with zero attached hydrogens (tertiary/aromatic N) is 2. The summed E-state index contributed by atoms with van der Waals surface area (Å²) in [5.41, 5.74) is 1.13. The van der Waals surface area contributed by atoms with Gasteiger partial charge >= 0.3 is 6.03 Å². The van der Waals surface area contributed by atoms with Gasteiger partial charge in [-0.1, -0.05) is 11.6 Å². The number of hydrogen-bond donors (Lipinski definition) is 0. The van der Waals surface area contributed by atoms with Gasteiger partial charge in [0, 0.05) is 7.05 Å². The van der Waals surface area contributed by atoms with Gasteiger partial charge in [-0.05, 0) is 25.7 Å². The molecule has 1 saturated heterocycles. The first-order valence-electron chi connectivity index (χ1n) is 5.88. The molecule has 0 radical (unpaired) electrons. The molecule has 1 heterocycles. The minimum absolute atomic E-state index is 0.199. The molecule has 0 aromatic carbocycles. The fourth-order valence-electron chi connectivity index (χ4n) is 2.14. The molecule has 0 bridgehead atoms. The number of imide groups is 2. The highest BCUT2D eigenvalue weighted by Gasteiger charge is 2.35. The zero-order valence-corrected chi connectivity index (χ0v) is 9.94. The van der Waals surface area contributed by atoms with Crippen LogP contribution in [0.15, 0.2) is 11.6 Å². The summed E-state index contributed by atoms with van der Waals surface area (Å²) in [5, 5.41) is 0. The highest BCUT2D eigenvalue weighted by Crippen LogP contribution is 2.20. The third-order valence-electron chi connectivity index (χ3n) is 3.24. The van der Waals surface area contributed by atoms with Crippen LogP contribution >= 0.6 is 0 Å². The summed E-state index contributed by atoms with van der Waals surface area (Å²) in [4.78, 5) is 37.0. The molecule has 0 N–H and O–H groups in total. The average Bonchev–Trinajstić information content (AvgIpc) is 2.33. The maximum Gasteiger partial charge on any atom is 0.333 e. The predicted molar refractivity (Wildman–Crippen MR) is 61.0 cm³/mol. The van der Waals surface area contributed by atoms with E-state index in [1.165, 1.54) is 18.4 Å². The summed E-state index contributed by atoms with van der Waals surface area (Å²) < 4.78 is 0. The van der Waals surface area contributed by atoms with Crippen LogP contribution in [-0.4, -0.2) is 41.2 Å². The second kappa shape index (κ2) is 4.69. The number of urea groups is 1. The Balaban J connectivity index is 2.09. The van der Waals surface area contributed by atoms with Gasteiger partial charge in [-0.25, -0.2) is 4.79 Å². The minimum atomic E-state index is -0.502. The van der Waals surface area contributed by atoms with Crippen molar-refractivity contribution in [1.82, 2.24) is 9.80 Å². The van der Waals surface area contributed by atoms with Gasteiger partial charge in [0.15, 0.2) is 0 Å². The van der Waals surface area contributed by atoms with E-state index in [1.54, 1.807) is 0 Å². The summed E-state index contributed by atoms with van der Waals surface area (Å²) >= 11 is 0. The molecule has 0 saturated carbocycles. The van der Waals surface area contributed by atoms with E-state index in [4.69, 9.17) is 0 Å². The predicted octanol–water partition coefficient (Wildman–Crippen LogP) is 1.30. The number of hydrogen-bond acceptors (Lipinski definition) is 3. The first-order chi connectivity index (χ1) is 8.09. The van der Waals surface area contributed by atoms with E-state index in [1.807, 2.05) is 0 Å². The standard InChI is InChI=1S/C12H16N2O3/c1-13-10(15)7-11(16)14(12(13)17)8-9-5-3-2-4-6-9/h5H,2-4,6-8H2,1H3. The lowest BCUT2D eigenvalue weighted by molar-refractivity contribution is -0.141. The number of allylic oxidation sites excluding steroid dienone is 1. The van der Waals surface area contributed by atoms with E-state index in [9.17, 15) is 14.4 Å². The highest BCUT2D eigenvalue weighted by molar-refractivity contribution is 6.13. The number of rotatable bonds is 2. The first kappa shape index (κ1) is 11.8. The Kier molecular flexibility index (Phi) is 3.26. The van der Waals surface area contributed by atoms with Crippen LogP contribution in [0.25, 0.3) is 0 Å². The molecule has 0 aromatic rings. The molecular formula is C12H16N2O3. The average molecular weight is 236 g/mol. The Morgan fingerprint density at radius 1 is 1.18 bits per heavy atom. The first-order valence-corrected chi connectivity index (χ1v) is 5.88. The van der Waals surface area contributed by atoms with Crippen LogP contribution in [0.3, 0.4) is 0 Å². The maximum absolute atomic E-state index is 11.8. The Labute approximate surface area is 100 Å². The van der Waals surface area contributed by atoms with Crippen LogP contribution < -0.4 is 0 Å². The molecule has 0 aromatic heterocycles. The molecule has 1 aliphatic carbocycles. The number of carbonyl (C=O) groups is 3. The van der Waals surface area contributed by atoms with E-state index in [-0.39, 0.29) is 12.3 Å². The van der Waals surface area contributed by atoms with Crippen LogP contribution in [0.4, 0.5) is 4.79 Å². The normalized spacial score (nSPS) is 21.9. The van der Waals surface area contributed by atoms with Crippen molar-refractivity contribution in [2.75, 3.05) is 13.6 Å². The molecule has 1 aliphatic heterocycles. The molecule has 0 atom stereocenters. The smallest absolute Gasteiger partial charge is 0.274 e. The van der Waals surface area contributed by atoms with Gasteiger partial charge in [-0.15, -0.1) is 0 Å². The SMILES string of the molecule is CN1C(=O)CC(=O)N(CC2=CCCCC2)C1=O. The molecule has 1 fully saturated rings. The highest BCUT2D eigenvalue weighted by atomic mass is 16.2. The van der Waals surface area contributed by atoms with Crippen molar-refractivity contribution in [1.29, 1.82) is 0 Å². The van der Waals surface area contributed by atoms with Crippen LogP contribution in [0.1, 0.15) is 32.1 Å². The third-order valence-corrected chi connectivity index (χ3v) is 3.24. The van der Waals surface area contributed by atoms with Crippen molar-refractivity contribution in [3.8, 4) is 0 Å². The molecule has 5 heteroatoms. The summed E-state index contributed by atoms with van der Waals surface area (Å²) in [7, 11) is 1.42. The largest absolute Gasteiger partial charge is 0.333 e. The van der Waals surface area contributed by atoms with Gasteiger partial charge in [-0.3, -0.25) is 19.4 Å². The fraction of sp³-hybridized carbons (Fsp3) is 0.583. The second-order valence-corrected chi connectivity index (χ2v) is 4.50. The van der Waals surface area contributed by atoms with Crippen molar-refractivity contribution >= 4 is 17.8 Å². The third kappa shape index (κ3) is 2.38. The van der Waals surface area contributed by atoms with Crippen LogP contribution in [0.5, 0.6) is 0 Å².